The lowest BCUT2D eigenvalue weighted by atomic mass is 10.1. The minimum Gasteiger partial charge on any atom is -0.494 e. The van der Waals surface area contributed by atoms with Gasteiger partial charge in [-0.1, -0.05) is 0 Å². The zero-order valence-corrected chi connectivity index (χ0v) is 17.6. The van der Waals surface area contributed by atoms with Crippen LogP contribution in [0.3, 0.4) is 0 Å². The largest absolute Gasteiger partial charge is 0.494 e. The van der Waals surface area contributed by atoms with Crippen LogP contribution in [0.15, 0.2) is 48.9 Å². The first-order valence-electron chi connectivity index (χ1n) is 10.1. The van der Waals surface area contributed by atoms with E-state index in [9.17, 15) is 18.4 Å². The molecule has 1 aliphatic heterocycles. The predicted octanol–water partition coefficient (Wildman–Crippen LogP) is 2.93. The fourth-order valence-electron chi connectivity index (χ4n) is 3.81. The molecule has 1 fully saturated rings. The standard InChI is InChI=1S/C23H22F2N4O3/c1-14-12-28(13-26-14)20-4-3-18(11-21(20)32-2)29-6-5-19(23(29)31)27-22(30)9-15-7-16(24)10-17(25)8-15/h3-4,7-8,10-13,19H,5-6,9H2,1-2H3,(H,27,30). The van der Waals surface area contributed by atoms with E-state index in [1.165, 1.54) is 0 Å². The lowest BCUT2D eigenvalue weighted by Gasteiger charge is -2.19. The number of methoxy groups -OCH3 is 1. The van der Waals surface area contributed by atoms with Crippen molar-refractivity contribution in [2.75, 3.05) is 18.6 Å². The molecular formula is C23H22F2N4O3. The number of nitrogens with one attached hydrogen (secondary N) is 1. The maximum atomic E-state index is 13.3. The van der Waals surface area contributed by atoms with Gasteiger partial charge in [-0.25, -0.2) is 13.8 Å². The average molecular weight is 440 g/mol. The normalized spacial score (nSPS) is 15.8. The number of amides is 2. The third-order valence-corrected chi connectivity index (χ3v) is 5.29. The maximum absolute atomic E-state index is 13.3. The molecule has 32 heavy (non-hydrogen) atoms. The van der Waals surface area contributed by atoms with Gasteiger partial charge >= 0.3 is 0 Å². The molecule has 4 rings (SSSR count). The highest BCUT2D eigenvalue weighted by Crippen LogP contribution is 2.31. The van der Waals surface area contributed by atoms with E-state index in [-0.39, 0.29) is 17.9 Å². The Bertz CT molecular complexity index is 1160. The molecule has 1 aliphatic rings. The van der Waals surface area contributed by atoms with Crippen LogP contribution in [0.4, 0.5) is 14.5 Å². The van der Waals surface area contributed by atoms with E-state index in [0.29, 0.717) is 24.4 Å². The van der Waals surface area contributed by atoms with Gasteiger partial charge in [-0.05, 0) is 43.2 Å². The number of hydrogen-bond donors (Lipinski definition) is 1. The molecule has 1 saturated heterocycles. The molecule has 0 saturated carbocycles. The molecular weight excluding hydrogens is 418 g/mol. The van der Waals surface area contributed by atoms with Crippen LogP contribution < -0.4 is 15.0 Å². The Hall–Kier alpha value is -3.75. The van der Waals surface area contributed by atoms with Crippen molar-refractivity contribution in [1.29, 1.82) is 0 Å². The van der Waals surface area contributed by atoms with Gasteiger partial charge < -0.3 is 19.5 Å². The van der Waals surface area contributed by atoms with Crippen molar-refractivity contribution in [1.82, 2.24) is 14.9 Å². The number of aromatic nitrogens is 2. The lowest BCUT2D eigenvalue weighted by molar-refractivity contribution is -0.126. The van der Waals surface area contributed by atoms with Gasteiger partial charge in [0.25, 0.3) is 0 Å². The number of nitrogens with zero attached hydrogens (tertiary/aromatic N) is 3. The number of aryl methyl sites for hydroxylation is 1. The highest BCUT2D eigenvalue weighted by Gasteiger charge is 2.34. The number of carbonyl (C=O) groups excluding carboxylic acids is 2. The smallest absolute Gasteiger partial charge is 0.249 e. The Balaban J connectivity index is 1.45. The van der Waals surface area contributed by atoms with Crippen molar-refractivity contribution in [3.05, 3.63) is 71.8 Å². The molecule has 166 valence electrons. The quantitative estimate of drug-likeness (QED) is 0.640. The number of benzene rings is 2. The number of ether oxygens (including phenoxy) is 1. The third-order valence-electron chi connectivity index (χ3n) is 5.29. The van der Waals surface area contributed by atoms with E-state index >= 15 is 0 Å². The molecule has 0 spiro atoms. The van der Waals surface area contributed by atoms with Gasteiger partial charge in [-0.2, -0.15) is 0 Å². The van der Waals surface area contributed by atoms with E-state index in [2.05, 4.69) is 10.3 Å². The summed E-state index contributed by atoms with van der Waals surface area (Å²) in [5.74, 6) is -1.65. The second-order valence-corrected chi connectivity index (χ2v) is 7.63. The first kappa shape index (κ1) is 21.5. The van der Waals surface area contributed by atoms with Gasteiger partial charge in [0.2, 0.25) is 11.8 Å². The molecule has 7 nitrogen and oxygen atoms in total. The maximum Gasteiger partial charge on any atom is 0.249 e. The Morgan fingerprint density at radius 3 is 2.62 bits per heavy atom. The summed E-state index contributed by atoms with van der Waals surface area (Å²) in [6, 6.07) is 7.65. The van der Waals surface area contributed by atoms with Crippen molar-refractivity contribution in [3.8, 4) is 11.4 Å². The van der Waals surface area contributed by atoms with E-state index in [1.54, 1.807) is 24.4 Å². The highest BCUT2D eigenvalue weighted by atomic mass is 19.1. The summed E-state index contributed by atoms with van der Waals surface area (Å²) in [6.07, 6.45) is 3.76. The van der Waals surface area contributed by atoms with Gasteiger partial charge in [0, 0.05) is 30.6 Å². The van der Waals surface area contributed by atoms with Crippen molar-refractivity contribution in [2.24, 2.45) is 0 Å². The van der Waals surface area contributed by atoms with Crippen molar-refractivity contribution >= 4 is 17.5 Å². The molecule has 0 radical (unpaired) electrons. The van der Waals surface area contributed by atoms with E-state index < -0.39 is 23.6 Å². The summed E-state index contributed by atoms with van der Waals surface area (Å²) >= 11 is 0. The summed E-state index contributed by atoms with van der Waals surface area (Å²) in [7, 11) is 1.55. The minimum absolute atomic E-state index is 0.206. The molecule has 2 aromatic carbocycles. The zero-order valence-electron chi connectivity index (χ0n) is 17.6. The zero-order chi connectivity index (χ0) is 22.8. The molecule has 9 heteroatoms. The number of hydrogen-bond acceptors (Lipinski definition) is 4. The third kappa shape index (κ3) is 4.46. The van der Waals surface area contributed by atoms with Crippen LogP contribution in [-0.2, 0) is 16.0 Å². The first-order chi connectivity index (χ1) is 15.3. The second-order valence-electron chi connectivity index (χ2n) is 7.63. The van der Waals surface area contributed by atoms with Crippen LogP contribution in [0.5, 0.6) is 5.75 Å². The number of rotatable bonds is 6. The molecule has 0 bridgehead atoms. The Morgan fingerprint density at radius 1 is 1.22 bits per heavy atom. The van der Waals surface area contributed by atoms with Gasteiger partial charge in [-0.15, -0.1) is 0 Å². The Morgan fingerprint density at radius 2 is 1.97 bits per heavy atom. The fraction of sp³-hybridized carbons (Fsp3) is 0.261. The van der Waals surface area contributed by atoms with Gasteiger partial charge in [0.15, 0.2) is 0 Å². The summed E-state index contributed by atoms with van der Waals surface area (Å²) < 4.78 is 34.0. The van der Waals surface area contributed by atoms with Gasteiger partial charge in [0.1, 0.15) is 23.4 Å². The topological polar surface area (TPSA) is 76.5 Å². The molecule has 1 unspecified atom stereocenters. The first-order valence-corrected chi connectivity index (χ1v) is 10.1. The average Bonchev–Trinajstić information content (AvgIpc) is 3.32. The number of halogens is 2. The molecule has 2 heterocycles. The molecule has 3 aromatic rings. The SMILES string of the molecule is COc1cc(N2CCC(NC(=O)Cc3cc(F)cc(F)c3)C2=O)ccc1-n1cnc(C)c1. The monoisotopic (exact) mass is 440 g/mol. The van der Waals surface area contributed by atoms with Crippen molar-refractivity contribution in [2.45, 2.75) is 25.8 Å². The lowest BCUT2D eigenvalue weighted by Crippen LogP contribution is -2.42. The minimum atomic E-state index is -0.751. The summed E-state index contributed by atoms with van der Waals surface area (Å²) in [6.45, 7) is 2.31. The van der Waals surface area contributed by atoms with Crippen molar-refractivity contribution < 1.29 is 23.1 Å². The van der Waals surface area contributed by atoms with Crippen LogP contribution in [-0.4, -0.2) is 41.1 Å². The molecule has 2 amide bonds. The Labute approximate surface area is 183 Å². The molecule has 1 N–H and O–H groups in total. The van der Waals surface area contributed by atoms with E-state index in [1.807, 2.05) is 29.8 Å². The second kappa shape index (κ2) is 8.78. The van der Waals surface area contributed by atoms with Crippen LogP contribution in [0.2, 0.25) is 0 Å². The number of carbonyl (C=O) groups is 2. The van der Waals surface area contributed by atoms with Crippen molar-refractivity contribution in [3.63, 3.8) is 0 Å². The molecule has 1 aromatic heterocycles. The molecule has 1 atom stereocenters. The van der Waals surface area contributed by atoms with Crippen LogP contribution in [0, 0.1) is 18.6 Å². The van der Waals surface area contributed by atoms with Gasteiger partial charge in [0.05, 0.1) is 31.2 Å². The Kier molecular flexibility index (Phi) is 5.89. The van der Waals surface area contributed by atoms with E-state index in [4.69, 9.17) is 4.74 Å². The van der Waals surface area contributed by atoms with E-state index in [0.717, 1.165) is 29.6 Å². The summed E-state index contributed by atoms with van der Waals surface area (Å²) in [5.41, 5.74) is 2.51. The molecule has 0 aliphatic carbocycles. The number of anilines is 1. The summed E-state index contributed by atoms with van der Waals surface area (Å²) in [4.78, 5) is 31.0. The summed E-state index contributed by atoms with van der Waals surface area (Å²) in [5, 5.41) is 2.67. The highest BCUT2D eigenvalue weighted by molar-refractivity contribution is 6.01. The van der Waals surface area contributed by atoms with Crippen LogP contribution >= 0.6 is 0 Å². The van der Waals surface area contributed by atoms with Gasteiger partial charge in [-0.3, -0.25) is 9.59 Å². The number of imidazole rings is 1. The predicted molar refractivity (Wildman–Crippen MR) is 114 cm³/mol. The fourth-order valence-corrected chi connectivity index (χ4v) is 3.81. The van der Waals surface area contributed by atoms with Crippen LogP contribution in [0.1, 0.15) is 17.7 Å². The van der Waals surface area contributed by atoms with Crippen LogP contribution in [0.25, 0.3) is 5.69 Å².